The molecule has 2 heterocycles. The first kappa shape index (κ1) is 17.4. The summed E-state index contributed by atoms with van der Waals surface area (Å²) in [4.78, 5) is 29.5. The van der Waals surface area contributed by atoms with Gasteiger partial charge in [0.2, 0.25) is 5.91 Å². The molecule has 1 unspecified atom stereocenters. The molecule has 2 aliphatic rings. The van der Waals surface area contributed by atoms with Crippen molar-refractivity contribution in [2.75, 3.05) is 32.7 Å². The third-order valence-electron chi connectivity index (χ3n) is 3.80. The van der Waals surface area contributed by atoms with Crippen molar-refractivity contribution in [3.8, 4) is 0 Å². The first-order valence-corrected chi connectivity index (χ1v) is 7.61. The first-order chi connectivity index (χ1) is 10.6. The van der Waals surface area contributed by atoms with Gasteiger partial charge in [0.15, 0.2) is 0 Å². The summed E-state index contributed by atoms with van der Waals surface area (Å²) < 4.78 is 5.24. The zero-order chi connectivity index (χ0) is 17.3. The van der Waals surface area contributed by atoms with Crippen LogP contribution in [0.4, 0.5) is 4.79 Å². The van der Waals surface area contributed by atoms with Crippen molar-refractivity contribution in [1.29, 1.82) is 0 Å². The van der Waals surface area contributed by atoms with E-state index in [1.165, 1.54) is 4.90 Å². The number of amides is 2. The van der Waals surface area contributed by atoms with Gasteiger partial charge in [0.25, 0.3) is 0 Å². The number of hydrogen-bond acceptors (Lipinski definition) is 5. The lowest BCUT2D eigenvalue weighted by Crippen LogP contribution is -2.68. The summed E-state index contributed by atoms with van der Waals surface area (Å²) in [6.45, 7) is 6.56. The molecule has 0 aromatic heterocycles. The van der Waals surface area contributed by atoms with Gasteiger partial charge in [-0.05, 0) is 32.2 Å². The molecular formula is C14H23N5O4. The number of carbonyl (C=O) groups is 2. The molecule has 0 radical (unpaired) electrons. The standard InChI is InChI=1S/C14H23N5O4/c1-13(2,3)23-12(21)19-8-14(22,9-19)7-18-6-10(4-11(18)20)5-16-17-15/h10,22H,4-9H2,1-3H3. The highest BCUT2D eigenvalue weighted by molar-refractivity contribution is 5.79. The number of aliphatic hydroxyl groups is 1. The van der Waals surface area contributed by atoms with Crippen LogP contribution < -0.4 is 0 Å². The third-order valence-corrected chi connectivity index (χ3v) is 3.80. The van der Waals surface area contributed by atoms with Crippen molar-refractivity contribution in [1.82, 2.24) is 9.80 Å². The largest absolute Gasteiger partial charge is 0.444 e. The van der Waals surface area contributed by atoms with Gasteiger partial charge in [-0.25, -0.2) is 4.79 Å². The Kier molecular flexibility index (Phi) is 4.72. The van der Waals surface area contributed by atoms with E-state index in [4.69, 9.17) is 10.3 Å². The van der Waals surface area contributed by atoms with Crippen molar-refractivity contribution in [2.45, 2.75) is 38.4 Å². The molecule has 2 aliphatic heterocycles. The Morgan fingerprint density at radius 1 is 1.52 bits per heavy atom. The number of ether oxygens (including phenoxy) is 1. The summed E-state index contributed by atoms with van der Waals surface area (Å²) >= 11 is 0. The number of β-amino-alcohol motifs (C(OH)–C–C–N with tert-alkyl or cyclic N) is 1. The van der Waals surface area contributed by atoms with Gasteiger partial charge in [-0.2, -0.15) is 0 Å². The smallest absolute Gasteiger partial charge is 0.410 e. The maximum atomic E-state index is 11.9. The Bertz CT molecular complexity index is 532. The molecular weight excluding hydrogens is 302 g/mol. The average Bonchev–Trinajstić information content (AvgIpc) is 2.71. The molecule has 2 saturated heterocycles. The zero-order valence-electron chi connectivity index (χ0n) is 13.7. The van der Waals surface area contributed by atoms with Crippen LogP contribution in [0.1, 0.15) is 27.2 Å². The summed E-state index contributed by atoms with van der Waals surface area (Å²) in [6, 6.07) is 0. The second-order valence-corrected chi connectivity index (χ2v) is 7.32. The number of nitrogens with zero attached hydrogens (tertiary/aromatic N) is 5. The molecule has 128 valence electrons. The van der Waals surface area contributed by atoms with Crippen LogP contribution >= 0.6 is 0 Å². The minimum Gasteiger partial charge on any atom is -0.444 e. The molecule has 1 N–H and O–H groups in total. The zero-order valence-corrected chi connectivity index (χ0v) is 13.7. The Labute approximate surface area is 134 Å². The molecule has 9 heteroatoms. The van der Waals surface area contributed by atoms with E-state index in [-0.39, 0.29) is 38.0 Å². The lowest BCUT2D eigenvalue weighted by atomic mass is 9.94. The van der Waals surface area contributed by atoms with Gasteiger partial charge in [-0.15, -0.1) is 0 Å². The van der Waals surface area contributed by atoms with E-state index in [2.05, 4.69) is 10.0 Å². The van der Waals surface area contributed by atoms with E-state index >= 15 is 0 Å². The summed E-state index contributed by atoms with van der Waals surface area (Å²) in [5.74, 6) is -0.0729. The third kappa shape index (κ3) is 4.49. The quantitative estimate of drug-likeness (QED) is 0.473. The Morgan fingerprint density at radius 2 is 2.17 bits per heavy atom. The highest BCUT2D eigenvalue weighted by Crippen LogP contribution is 2.27. The summed E-state index contributed by atoms with van der Waals surface area (Å²) in [5, 5.41) is 13.9. The number of rotatable bonds is 4. The van der Waals surface area contributed by atoms with Gasteiger partial charge in [-0.3, -0.25) is 4.79 Å². The van der Waals surface area contributed by atoms with Gasteiger partial charge < -0.3 is 19.6 Å². The molecule has 9 nitrogen and oxygen atoms in total. The molecule has 0 aromatic carbocycles. The highest BCUT2D eigenvalue weighted by atomic mass is 16.6. The van der Waals surface area contributed by atoms with Gasteiger partial charge >= 0.3 is 6.09 Å². The number of azide groups is 1. The SMILES string of the molecule is CC(C)(C)OC(=O)N1CC(O)(CN2CC(CN=[N+]=[N-])CC2=O)C1. The number of carbonyl (C=O) groups excluding carboxylic acids is 2. The molecule has 0 aliphatic carbocycles. The molecule has 2 fully saturated rings. The van der Waals surface area contributed by atoms with Crippen LogP contribution in [-0.2, 0) is 9.53 Å². The van der Waals surface area contributed by atoms with Gasteiger partial charge in [0.05, 0.1) is 19.6 Å². The normalized spacial score (nSPS) is 23.3. The predicted octanol–water partition coefficient (Wildman–Crippen LogP) is 1.13. The summed E-state index contributed by atoms with van der Waals surface area (Å²) in [7, 11) is 0. The van der Waals surface area contributed by atoms with E-state index in [1.54, 1.807) is 25.7 Å². The van der Waals surface area contributed by atoms with Crippen molar-refractivity contribution in [2.24, 2.45) is 11.0 Å². The number of likely N-dealkylation sites (tertiary alicyclic amines) is 2. The fraction of sp³-hybridized carbons (Fsp3) is 0.857. The molecule has 2 rings (SSSR count). The van der Waals surface area contributed by atoms with Crippen molar-refractivity contribution < 1.29 is 19.4 Å². The Hall–Kier alpha value is -1.99. The Balaban J connectivity index is 1.82. The van der Waals surface area contributed by atoms with Gasteiger partial charge in [-0.1, -0.05) is 5.11 Å². The van der Waals surface area contributed by atoms with Crippen LogP contribution in [0.3, 0.4) is 0 Å². The van der Waals surface area contributed by atoms with E-state index in [9.17, 15) is 14.7 Å². The maximum absolute atomic E-state index is 11.9. The van der Waals surface area contributed by atoms with Crippen LogP contribution in [0.5, 0.6) is 0 Å². The van der Waals surface area contributed by atoms with Crippen molar-refractivity contribution in [3.05, 3.63) is 10.4 Å². The van der Waals surface area contributed by atoms with Crippen molar-refractivity contribution >= 4 is 12.0 Å². The van der Waals surface area contributed by atoms with E-state index in [0.717, 1.165) is 0 Å². The van der Waals surface area contributed by atoms with Gasteiger partial charge in [0, 0.05) is 24.4 Å². The number of hydrogen-bond donors (Lipinski definition) is 1. The maximum Gasteiger partial charge on any atom is 0.410 e. The van der Waals surface area contributed by atoms with Crippen LogP contribution in [0.2, 0.25) is 0 Å². The van der Waals surface area contributed by atoms with E-state index in [1.807, 2.05) is 0 Å². The lowest BCUT2D eigenvalue weighted by molar-refractivity contribution is -0.139. The fourth-order valence-electron chi connectivity index (χ4n) is 2.86. The highest BCUT2D eigenvalue weighted by Gasteiger charge is 2.47. The summed E-state index contributed by atoms with van der Waals surface area (Å²) in [6.07, 6.45) is -0.138. The topological polar surface area (TPSA) is 119 Å². The minimum absolute atomic E-state index is 0.0102. The van der Waals surface area contributed by atoms with Gasteiger partial charge in [0.1, 0.15) is 11.2 Å². The molecule has 1 atom stereocenters. The molecule has 0 bridgehead atoms. The monoisotopic (exact) mass is 325 g/mol. The lowest BCUT2D eigenvalue weighted by Gasteiger charge is -2.47. The van der Waals surface area contributed by atoms with E-state index in [0.29, 0.717) is 13.0 Å². The predicted molar refractivity (Wildman–Crippen MR) is 81.5 cm³/mol. The van der Waals surface area contributed by atoms with Crippen LogP contribution in [0.25, 0.3) is 10.4 Å². The average molecular weight is 325 g/mol. The Morgan fingerprint density at radius 3 is 2.74 bits per heavy atom. The fourth-order valence-corrected chi connectivity index (χ4v) is 2.86. The van der Waals surface area contributed by atoms with Crippen LogP contribution in [0.15, 0.2) is 5.11 Å². The molecule has 23 heavy (non-hydrogen) atoms. The molecule has 0 saturated carbocycles. The van der Waals surface area contributed by atoms with Crippen molar-refractivity contribution in [3.63, 3.8) is 0 Å². The van der Waals surface area contributed by atoms with E-state index < -0.39 is 17.3 Å². The molecule has 0 aromatic rings. The van der Waals surface area contributed by atoms with Crippen LogP contribution in [0, 0.1) is 5.92 Å². The molecule has 0 spiro atoms. The first-order valence-electron chi connectivity index (χ1n) is 7.61. The molecule has 2 amide bonds. The minimum atomic E-state index is -1.10. The van der Waals surface area contributed by atoms with Crippen LogP contribution in [-0.4, -0.2) is 70.8 Å². The second kappa shape index (κ2) is 6.25. The summed E-state index contributed by atoms with van der Waals surface area (Å²) in [5.41, 5.74) is 6.65. The second-order valence-electron chi connectivity index (χ2n) is 7.32.